The highest BCUT2D eigenvalue weighted by atomic mass is 16.5. The van der Waals surface area contributed by atoms with Crippen LogP contribution in [0.3, 0.4) is 0 Å². The highest BCUT2D eigenvalue weighted by Crippen LogP contribution is 2.21. The van der Waals surface area contributed by atoms with Crippen molar-refractivity contribution in [3.05, 3.63) is 0 Å². The third kappa shape index (κ3) is 14.8. The molecule has 5 heteroatoms. The molecule has 1 unspecified atom stereocenters. The number of alkyl carbamates (subject to hydrolysis) is 1. The molecule has 0 radical (unpaired) electrons. The second-order valence-corrected chi connectivity index (χ2v) is 8.85. The summed E-state index contributed by atoms with van der Waals surface area (Å²) in [7, 11) is 1.29. The lowest BCUT2D eigenvalue weighted by atomic mass is 9.87. The molecule has 0 spiro atoms. The Kier molecular flexibility index (Phi) is 15.9. The molecule has 1 N–H and O–H groups in total. The normalized spacial score (nSPS) is 12.5. The Morgan fingerprint density at radius 3 is 1.61 bits per heavy atom. The average molecular weight is 400 g/mol. The largest absolute Gasteiger partial charge is 0.464 e. The van der Waals surface area contributed by atoms with E-state index in [9.17, 15) is 9.59 Å². The smallest absolute Gasteiger partial charge is 0.407 e. The number of ether oxygens (including phenoxy) is 2. The van der Waals surface area contributed by atoms with Crippen LogP contribution in [0.15, 0.2) is 0 Å². The lowest BCUT2D eigenvalue weighted by Crippen LogP contribution is -2.49. The maximum atomic E-state index is 12.3. The van der Waals surface area contributed by atoms with Crippen molar-refractivity contribution in [1.82, 2.24) is 5.32 Å². The van der Waals surface area contributed by atoms with Gasteiger partial charge in [0.1, 0.15) is 6.04 Å². The molecule has 0 fully saturated rings. The number of methoxy groups -OCH3 is 1. The van der Waals surface area contributed by atoms with Gasteiger partial charge in [0.05, 0.1) is 13.7 Å². The van der Waals surface area contributed by atoms with E-state index in [2.05, 4.69) is 17.0 Å². The Bertz CT molecular complexity index is 404. The summed E-state index contributed by atoms with van der Waals surface area (Å²) in [6, 6.07) is -0.707. The number of rotatable bonds is 16. The summed E-state index contributed by atoms with van der Waals surface area (Å²) in [6.45, 7) is 8.33. The number of carbonyl (C=O) groups is 2. The number of amides is 1. The Hall–Kier alpha value is -1.26. The maximum Gasteiger partial charge on any atom is 0.407 e. The van der Waals surface area contributed by atoms with Gasteiger partial charge in [-0.3, -0.25) is 0 Å². The summed E-state index contributed by atoms with van der Waals surface area (Å²) in [5.41, 5.74) is -0.429. The molecule has 0 saturated carbocycles. The SMILES string of the molecule is CCCCCCCCCCCCCCCOC(=O)C(NC(=O)OC)C(C)(C)C. The van der Waals surface area contributed by atoms with Crippen LogP contribution in [0.4, 0.5) is 4.79 Å². The van der Waals surface area contributed by atoms with Crippen molar-refractivity contribution < 1.29 is 19.1 Å². The minimum absolute atomic E-state index is 0.392. The van der Waals surface area contributed by atoms with E-state index in [4.69, 9.17) is 4.74 Å². The molecule has 0 aliphatic heterocycles. The van der Waals surface area contributed by atoms with Crippen LogP contribution in [-0.2, 0) is 14.3 Å². The van der Waals surface area contributed by atoms with Crippen LogP contribution in [-0.4, -0.2) is 31.8 Å². The topological polar surface area (TPSA) is 64.6 Å². The van der Waals surface area contributed by atoms with Crippen molar-refractivity contribution in [2.75, 3.05) is 13.7 Å². The quantitative estimate of drug-likeness (QED) is 0.241. The summed E-state index contributed by atoms with van der Waals surface area (Å²) in [5, 5.41) is 2.57. The zero-order valence-corrected chi connectivity index (χ0v) is 19.1. The van der Waals surface area contributed by atoms with Gasteiger partial charge in [-0.25, -0.2) is 9.59 Å². The zero-order valence-electron chi connectivity index (χ0n) is 19.1. The number of hydrogen-bond donors (Lipinski definition) is 1. The highest BCUT2D eigenvalue weighted by molar-refractivity contribution is 5.82. The fraction of sp³-hybridized carbons (Fsp3) is 0.913. The van der Waals surface area contributed by atoms with Gasteiger partial charge < -0.3 is 14.8 Å². The summed E-state index contributed by atoms with van der Waals surface area (Å²) in [5.74, 6) is -0.392. The molecule has 5 nitrogen and oxygen atoms in total. The summed E-state index contributed by atoms with van der Waals surface area (Å²) in [4.78, 5) is 23.7. The van der Waals surface area contributed by atoms with Crippen molar-refractivity contribution in [3.63, 3.8) is 0 Å². The van der Waals surface area contributed by atoms with Crippen molar-refractivity contribution >= 4 is 12.1 Å². The summed E-state index contributed by atoms with van der Waals surface area (Å²) >= 11 is 0. The Morgan fingerprint density at radius 2 is 1.21 bits per heavy atom. The molecule has 0 aliphatic carbocycles. The molecule has 0 aliphatic rings. The van der Waals surface area contributed by atoms with Crippen LogP contribution < -0.4 is 5.32 Å². The molecular weight excluding hydrogens is 354 g/mol. The van der Waals surface area contributed by atoms with Crippen LogP contribution in [0.25, 0.3) is 0 Å². The first-order chi connectivity index (χ1) is 13.3. The van der Waals surface area contributed by atoms with Crippen LogP contribution >= 0.6 is 0 Å². The molecule has 0 rings (SSSR count). The molecule has 0 saturated heterocycles. The third-order valence-corrected chi connectivity index (χ3v) is 5.04. The molecular formula is C23H45NO4. The highest BCUT2D eigenvalue weighted by Gasteiger charge is 2.34. The fourth-order valence-electron chi connectivity index (χ4n) is 3.18. The monoisotopic (exact) mass is 399 g/mol. The summed E-state index contributed by atoms with van der Waals surface area (Å²) < 4.78 is 9.96. The first-order valence-electron chi connectivity index (χ1n) is 11.3. The number of hydrogen-bond acceptors (Lipinski definition) is 4. The molecule has 1 atom stereocenters. The molecule has 0 aromatic carbocycles. The van der Waals surface area contributed by atoms with E-state index in [-0.39, 0.29) is 0 Å². The second-order valence-electron chi connectivity index (χ2n) is 8.85. The number of nitrogens with one attached hydrogen (secondary N) is 1. The molecule has 0 aromatic heterocycles. The third-order valence-electron chi connectivity index (χ3n) is 5.04. The minimum atomic E-state index is -0.707. The van der Waals surface area contributed by atoms with Gasteiger partial charge in [-0.05, 0) is 11.8 Å². The lowest BCUT2D eigenvalue weighted by molar-refractivity contribution is -0.149. The Morgan fingerprint density at radius 1 is 0.786 bits per heavy atom. The van der Waals surface area contributed by atoms with Crippen molar-refractivity contribution in [2.45, 2.75) is 117 Å². The zero-order chi connectivity index (χ0) is 21.3. The van der Waals surface area contributed by atoms with Crippen molar-refractivity contribution in [3.8, 4) is 0 Å². The van der Waals surface area contributed by atoms with Crippen LogP contribution in [0, 0.1) is 5.41 Å². The summed E-state index contributed by atoms with van der Waals surface area (Å²) in [6.07, 6.45) is 16.1. The molecule has 166 valence electrons. The van der Waals surface area contributed by atoms with Crippen LogP contribution in [0.2, 0.25) is 0 Å². The Labute approximate surface area is 173 Å². The van der Waals surface area contributed by atoms with E-state index in [1.165, 1.54) is 77.7 Å². The van der Waals surface area contributed by atoms with E-state index in [1.807, 2.05) is 20.8 Å². The molecule has 0 aromatic rings. The molecule has 28 heavy (non-hydrogen) atoms. The van der Waals surface area contributed by atoms with Gasteiger partial charge in [0.2, 0.25) is 0 Å². The van der Waals surface area contributed by atoms with Gasteiger partial charge in [0.25, 0.3) is 0 Å². The van der Waals surface area contributed by atoms with E-state index >= 15 is 0 Å². The van der Waals surface area contributed by atoms with Gasteiger partial charge in [0.15, 0.2) is 0 Å². The maximum absolute atomic E-state index is 12.3. The van der Waals surface area contributed by atoms with Gasteiger partial charge in [-0.1, -0.05) is 105 Å². The molecule has 1 amide bonds. The molecule has 0 bridgehead atoms. The number of carbonyl (C=O) groups excluding carboxylic acids is 2. The predicted molar refractivity (Wildman–Crippen MR) is 115 cm³/mol. The van der Waals surface area contributed by atoms with Crippen molar-refractivity contribution in [1.29, 1.82) is 0 Å². The average Bonchev–Trinajstić information content (AvgIpc) is 2.64. The minimum Gasteiger partial charge on any atom is -0.464 e. The first-order valence-corrected chi connectivity index (χ1v) is 11.3. The van der Waals surface area contributed by atoms with E-state index in [0.29, 0.717) is 6.61 Å². The second kappa shape index (κ2) is 16.7. The fourth-order valence-corrected chi connectivity index (χ4v) is 3.18. The lowest BCUT2D eigenvalue weighted by Gasteiger charge is -2.28. The standard InChI is InChI=1S/C23H45NO4/c1-6-7-8-9-10-11-12-13-14-15-16-17-18-19-28-21(25)20(23(2,3)4)24-22(26)27-5/h20H,6-19H2,1-5H3,(H,24,26). The van der Waals surface area contributed by atoms with Crippen LogP contribution in [0.5, 0.6) is 0 Å². The van der Waals surface area contributed by atoms with Crippen LogP contribution in [0.1, 0.15) is 111 Å². The van der Waals surface area contributed by atoms with E-state index in [0.717, 1.165) is 12.8 Å². The first kappa shape index (κ1) is 26.7. The van der Waals surface area contributed by atoms with E-state index < -0.39 is 23.5 Å². The molecule has 0 heterocycles. The van der Waals surface area contributed by atoms with Gasteiger partial charge in [0, 0.05) is 0 Å². The predicted octanol–water partition coefficient (Wildman–Crippen LogP) is 6.39. The van der Waals surface area contributed by atoms with Gasteiger partial charge in [-0.2, -0.15) is 0 Å². The van der Waals surface area contributed by atoms with Gasteiger partial charge in [-0.15, -0.1) is 0 Å². The van der Waals surface area contributed by atoms with E-state index in [1.54, 1.807) is 0 Å². The van der Waals surface area contributed by atoms with Crippen molar-refractivity contribution in [2.24, 2.45) is 5.41 Å². The number of esters is 1. The Balaban J connectivity index is 3.65. The number of unbranched alkanes of at least 4 members (excludes halogenated alkanes) is 12. The van der Waals surface area contributed by atoms with Gasteiger partial charge >= 0.3 is 12.1 Å².